The van der Waals surface area contributed by atoms with Crippen molar-refractivity contribution < 1.29 is 14.7 Å². The summed E-state index contributed by atoms with van der Waals surface area (Å²) in [5.41, 5.74) is 1.63. The maximum atomic E-state index is 12.5. The van der Waals surface area contributed by atoms with Crippen LogP contribution in [-0.4, -0.2) is 31.1 Å². The van der Waals surface area contributed by atoms with Crippen LogP contribution in [0.4, 0.5) is 11.4 Å². The van der Waals surface area contributed by atoms with Crippen LogP contribution in [0.3, 0.4) is 0 Å². The molecule has 21 heavy (non-hydrogen) atoms. The number of nitrogens with one attached hydrogen (secondary N) is 1. The van der Waals surface area contributed by atoms with E-state index in [1.807, 2.05) is 43.3 Å². The zero-order chi connectivity index (χ0) is 15.4. The van der Waals surface area contributed by atoms with Gasteiger partial charge in [-0.15, -0.1) is 0 Å². The van der Waals surface area contributed by atoms with Crippen molar-refractivity contribution in [3.8, 4) is 0 Å². The summed E-state index contributed by atoms with van der Waals surface area (Å²) in [5, 5.41) is 12.2. The van der Waals surface area contributed by atoms with Gasteiger partial charge in [0.15, 0.2) is 0 Å². The Labute approximate surface area is 125 Å². The maximum Gasteiger partial charge on any atom is 0.307 e. The molecule has 1 aliphatic carbocycles. The van der Waals surface area contributed by atoms with Crippen molar-refractivity contribution in [2.75, 3.05) is 24.3 Å². The molecule has 0 radical (unpaired) electrons. The van der Waals surface area contributed by atoms with E-state index in [0.29, 0.717) is 12.8 Å². The first-order valence-corrected chi connectivity index (χ1v) is 7.30. The van der Waals surface area contributed by atoms with Crippen molar-refractivity contribution in [3.05, 3.63) is 24.3 Å². The molecule has 1 saturated carbocycles. The fraction of sp³-hybridized carbons (Fsp3) is 0.500. The van der Waals surface area contributed by atoms with Gasteiger partial charge in [0.25, 0.3) is 0 Å². The molecule has 0 spiro atoms. The number of benzene rings is 1. The minimum Gasteiger partial charge on any atom is -0.481 e. The van der Waals surface area contributed by atoms with E-state index < -0.39 is 17.8 Å². The highest BCUT2D eigenvalue weighted by molar-refractivity contribution is 5.97. The molecule has 1 aliphatic rings. The van der Waals surface area contributed by atoms with E-state index in [1.165, 1.54) is 0 Å². The summed E-state index contributed by atoms with van der Waals surface area (Å²) in [6.45, 7) is 0. The first-order chi connectivity index (χ1) is 10.0. The van der Waals surface area contributed by atoms with Crippen LogP contribution in [0.25, 0.3) is 0 Å². The Morgan fingerprint density at radius 3 is 2.38 bits per heavy atom. The molecule has 0 aromatic heterocycles. The van der Waals surface area contributed by atoms with E-state index in [9.17, 15) is 14.7 Å². The lowest BCUT2D eigenvalue weighted by Crippen LogP contribution is -2.36. The molecule has 1 amide bonds. The van der Waals surface area contributed by atoms with E-state index >= 15 is 0 Å². The Morgan fingerprint density at radius 2 is 1.76 bits per heavy atom. The normalized spacial score (nSPS) is 21.6. The summed E-state index contributed by atoms with van der Waals surface area (Å²) in [4.78, 5) is 25.7. The number of para-hydroxylation sites is 2. The van der Waals surface area contributed by atoms with Crippen LogP contribution in [0.2, 0.25) is 0 Å². The second-order valence-electron chi connectivity index (χ2n) is 5.74. The molecule has 2 unspecified atom stereocenters. The van der Waals surface area contributed by atoms with Gasteiger partial charge in [0.05, 0.1) is 23.2 Å². The van der Waals surface area contributed by atoms with Crippen molar-refractivity contribution in [2.24, 2.45) is 11.8 Å². The first kappa shape index (κ1) is 15.4. The third-order valence-corrected chi connectivity index (χ3v) is 4.06. The quantitative estimate of drug-likeness (QED) is 0.894. The standard InChI is InChI=1S/C16H22N2O3/c1-18(2)14-10-6-5-9-13(14)17-15(19)11-7-3-4-8-12(11)16(20)21/h5-6,9-12H,3-4,7-8H2,1-2H3,(H,17,19)(H,20,21). The second-order valence-corrected chi connectivity index (χ2v) is 5.74. The number of nitrogens with zero attached hydrogens (tertiary/aromatic N) is 1. The minimum absolute atomic E-state index is 0.184. The number of carbonyl (C=O) groups excluding carboxylic acids is 1. The van der Waals surface area contributed by atoms with Gasteiger partial charge in [-0.2, -0.15) is 0 Å². The first-order valence-electron chi connectivity index (χ1n) is 7.30. The molecule has 1 aromatic carbocycles. The average molecular weight is 290 g/mol. The van der Waals surface area contributed by atoms with E-state index in [2.05, 4.69) is 5.32 Å². The molecule has 0 heterocycles. The van der Waals surface area contributed by atoms with Crippen molar-refractivity contribution in [1.29, 1.82) is 0 Å². The summed E-state index contributed by atoms with van der Waals surface area (Å²) in [6, 6.07) is 7.53. The highest BCUT2D eigenvalue weighted by atomic mass is 16.4. The number of carbonyl (C=O) groups is 2. The third-order valence-electron chi connectivity index (χ3n) is 4.06. The summed E-state index contributed by atoms with van der Waals surface area (Å²) in [6.07, 6.45) is 3.03. The molecule has 2 rings (SSSR count). The number of aliphatic carboxylic acids is 1. The van der Waals surface area contributed by atoms with Crippen molar-refractivity contribution in [2.45, 2.75) is 25.7 Å². The Morgan fingerprint density at radius 1 is 1.14 bits per heavy atom. The number of hydrogen-bond donors (Lipinski definition) is 2. The van der Waals surface area contributed by atoms with Gasteiger partial charge in [-0.05, 0) is 25.0 Å². The molecule has 2 atom stereocenters. The van der Waals surface area contributed by atoms with Gasteiger partial charge < -0.3 is 15.3 Å². The minimum atomic E-state index is -0.865. The Balaban J connectivity index is 2.15. The molecule has 5 heteroatoms. The molecule has 114 valence electrons. The van der Waals surface area contributed by atoms with Crippen molar-refractivity contribution >= 4 is 23.3 Å². The Kier molecular flexibility index (Phi) is 4.83. The van der Waals surface area contributed by atoms with Crippen LogP contribution in [0.15, 0.2) is 24.3 Å². The number of hydrogen-bond acceptors (Lipinski definition) is 3. The molecular weight excluding hydrogens is 268 g/mol. The molecule has 0 aliphatic heterocycles. The van der Waals surface area contributed by atoms with Crippen LogP contribution >= 0.6 is 0 Å². The third kappa shape index (κ3) is 3.54. The van der Waals surface area contributed by atoms with Crippen LogP contribution in [-0.2, 0) is 9.59 Å². The SMILES string of the molecule is CN(C)c1ccccc1NC(=O)C1CCCCC1C(=O)O. The van der Waals surface area contributed by atoms with Gasteiger partial charge in [0.2, 0.25) is 5.91 Å². The number of carboxylic acid groups (broad SMARTS) is 1. The smallest absolute Gasteiger partial charge is 0.307 e. The number of amides is 1. The lowest BCUT2D eigenvalue weighted by atomic mass is 9.78. The zero-order valence-electron chi connectivity index (χ0n) is 12.5. The van der Waals surface area contributed by atoms with Gasteiger partial charge in [0, 0.05) is 14.1 Å². The Hall–Kier alpha value is -2.04. The number of carboxylic acids is 1. The molecule has 1 fully saturated rings. The average Bonchev–Trinajstić information content (AvgIpc) is 2.47. The Bertz CT molecular complexity index is 528. The van der Waals surface area contributed by atoms with E-state index in [1.54, 1.807) is 0 Å². The van der Waals surface area contributed by atoms with Crippen LogP contribution in [0.5, 0.6) is 0 Å². The van der Waals surface area contributed by atoms with Crippen molar-refractivity contribution in [3.63, 3.8) is 0 Å². The zero-order valence-corrected chi connectivity index (χ0v) is 12.5. The fourth-order valence-corrected chi connectivity index (χ4v) is 2.94. The van der Waals surface area contributed by atoms with Crippen molar-refractivity contribution in [1.82, 2.24) is 0 Å². The predicted octanol–water partition coefficient (Wildman–Crippen LogP) is 2.58. The lowest BCUT2D eigenvalue weighted by molar-refractivity contribution is -0.147. The number of anilines is 2. The van der Waals surface area contributed by atoms with Gasteiger partial charge in [-0.1, -0.05) is 25.0 Å². The molecule has 0 saturated heterocycles. The van der Waals surface area contributed by atoms with Crippen LogP contribution in [0.1, 0.15) is 25.7 Å². The highest BCUT2D eigenvalue weighted by Crippen LogP contribution is 2.32. The van der Waals surface area contributed by atoms with E-state index in [-0.39, 0.29) is 5.91 Å². The molecular formula is C16H22N2O3. The van der Waals surface area contributed by atoms with Gasteiger partial charge in [0.1, 0.15) is 0 Å². The lowest BCUT2D eigenvalue weighted by Gasteiger charge is -2.28. The van der Waals surface area contributed by atoms with Crippen LogP contribution in [0, 0.1) is 11.8 Å². The van der Waals surface area contributed by atoms with Gasteiger partial charge >= 0.3 is 5.97 Å². The molecule has 1 aromatic rings. The summed E-state index contributed by atoms with van der Waals surface area (Å²) in [7, 11) is 3.82. The predicted molar refractivity (Wildman–Crippen MR) is 82.5 cm³/mol. The van der Waals surface area contributed by atoms with E-state index in [0.717, 1.165) is 24.2 Å². The maximum absolute atomic E-state index is 12.5. The summed E-state index contributed by atoms with van der Waals surface area (Å²) >= 11 is 0. The molecule has 2 N–H and O–H groups in total. The topological polar surface area (TPSA) is 69.6 Å². The molecule has 0 bridgehead atoms. The monoisotopic (exact) mass is 290 g/mol. The highest BCUT2D eigenvalue weighted by Gasteiger charge is 2.35. The van der Waals surface area contributed by atoms with E-state index in [4.69, 9.17) is 0 Å². The second kappa shape index (κ2) is 6.61. The summed E-state index contributed by atoms with van der Waals surface area (Å²) < 4.78 is 0. The largest absolute Gasteiger partial charge is 0.481 e. The van der Waals surface area contributed by atoms with Crippen LogP contribution < -0.4 is 10.2 Å². The molecule has 5 nitrogen and oxygen atoms in total. The van der Waals surface area contributed by atoms with Gasteiger partial charge in [-0.3, -0.25) is 9.59 Å². The fourth-order valence-electron chi connectivity index (χ4n) is 2.94. The van der Waals surface area contributed by atoms with Gasteiger partial charge in [-0.25, -0.2) is 0 Å². The number of rotatable bonds is 4. The summed E-state index contributed by atoms with van der Waals surface area (Å²) in [5.74, 6) is -2.05.